The minimum Gasteiger partial charge on any atom is -0.475 e. The molecule has 5 aliphatic rings. The molecule has 129 heavy (non-hydrogen) atoms. The Labute approximate surface area is 753 Å². The fraction of sp³-hybridized carbons (Fsp3) is 0.250. The number of carboxylic acids is 1. The molecule has 20 rings (SSSR count). The maximum absolute atomic E-state index is 12.8. The second-order valence-corrected chi connectivity index (χ2v) is 30.4. The number of amides is 3. The van der Waals surface area contributed by atoms with Crippen molar-refractivity contribution in [3.63, 3.8) is 0 Å². The van der Waals surface area contributed by atoms with E-state index in [0.717, 1.165) is 138 Å². The first-order valence-corrected chi connectivity index (χ1v) is 41.7. The highest BCUT2D eigenvalue weighted by atomic mass is 32.1. The zero-order chi connectivity index (χ0) is 87.4. The zero-order valence-electron chi connectivity index (χ0n) is 68.8. The molecule has 4 aliphatic heterocycles. The summed E-state index contributed by atoms with van der Waals surface area (Å²) in [6.45, 7) is 0.651. The predicted octanol–water partition coefficient (Wildman–Crippen LogP) is 14.0. The van der Waals surface area contributed by atoms with Crippen molar-refractivity contribution in [2.24, 2.45) is 17.2 Å². The van der Waals surface area contributed by atoms with Crippen molar-refractivity contribution < 1.29 is 38.6 Å². The van der Waals surface area contributed by atoms with Gasteiger partial charge in [0.15, 0.2) is 23.3 Å². The molecule has 12 N–H and O–H groups in total. The van der Waals surface area contributed by atoms with E-state index in [2.05, 4.69) is 153 Å². The first-order chi connectivity index (χ1) is 61.7. The fourth-order valence-corrected chi connectivity index (χ4v) is 15.3. The number of aromatic amines is 2. The van der Waals surface area contributed by atoms with E-state index in [1.165, 1.54) is 33.4 Å². The summed E-state index contributed by atoms with van der Waals surface area (Å²) < 4.78 is 18.5. The molecule has 10 heterocycles. The zero-order valence-corrected chi connectivity index (χ0v) is 69.6. The number of fused-ring (bicyclic) bond motifs is 13. The number of aromatic carboxylic acids is 1. The molecule has 0 spiro atoms. The molecule has 5 atom stereocenters. The number of ether oxygens (including phenoxy) is 2. The van der Waals surface area contributed by atoms with Gasteiger partial charge in [-0.15, -0.1) is 51.0 Å². The molecule has 664 valence electrons. The van der Waals surface area contributed by atoms with Gasteiger partial charge < -0.3 is 52.5 Å². The number of rotatable bonds is 14. The molecule has 3 amide bonds. The Kier molecular flexibility index (Phi) is 34.7. The first kappa shape index (κ1) is 94.6. The highest BCUT2D eigenvalue weighted by molar-refractivity contribution is 7.80. The maximum Gasteiger partial charge on any atom is 0.408 e. The summed E-state index contributed by atoms with van der Waals surface area (Å²) in [5, 5.41) is 63.2. The van der Waals surface area contributed by atoms with Crippen LogP contribution in [-0.4, -0.2) is 142 Å². The number of carbonyl (C=O) groups excluding carboxylic acids is 4. The number of hydrogen-bond donors (Lipinski definition) is 9. The topological polar surface area (TPSA) is 444 Å². The van der Waals surface area contributed by atoms with Gasteiger partial charge in [-0.3, -0.25) is 33.3 Å². The van der Waals surface area contributed by atoms with E-state index in [-0.39, 0.29) is 89.8 Å². The molecule has 32 nitrogen and oxygen atoms in total. The summed E-state index contributed by atoms with van der Waals surface area (Å²) in [7, 11) is 0. The van der Waals surface area contributed by atoms with Gasteiger partial charge in [0.25, 0.3) is 11.7 Å². The SMILES string of the molecule is C.C.C.NC1CCc2ccccc2-n2cnnc21.NCC=O.N[C@H]1CCc2ccccc2-n2cnnc21.O=C(NC1CCc2ccccc2-n2cnnc21)OCc1ccccc1.O=C(N[C@H]1CCc2ccccc2-n2cnnc21)c1n[nH]c(Cc2ccccc2)n1.O=C(N[C@H]1CCc2ccccc2CC1=S)OCc1ccccc1.O=C(O)c1n[nH]c(Cc2ccccc2)n1. The number of nitrogens with zero attached hydrogens (tertiary/aromatic N) is 16. The number of nitrogens with one attached hydrogen (secondary N) is 5. The minimum absolute atomic E-state index is 0. The average Bonchev–Trinajstić information content (AvgIpc) is 1.63. The van der Waals surface area contributed by atoms with Crippen LogP contribution in [0.5, 0.6) is 0 Å². The van der Waals surface area contributed by atoms with Gasteiger partial charge in [0.2, 0.25) is 5.82 Å². The second kappa shape index (κ2) is 47.3. The second-order valence-electron chi connectivity index (χ2n) is 29.9. The van der Waals surface area contributed by atoms with E-state index >= 15 is 0 Å². The molecule has 0 saturated heterocycles. The van der Waals surface area contributed by atoms with E-state index < -0.39 is 18.2 Å². The van der Waals surface area contributed by atoms with Crippen molar-refractivity contribution in [1.29, 1.82) is 0 Å². The number of aldehydes is 1. The smallest absolute Gasteiger partial charge is 0.408 e. The number of H-pyrrole nitrogens is 2. The number of para-hydroxylation sites is 4. The Bertz CT molecular complexity index is 6010. The van der Waals surface area contributed by atoms with Crippen LogP contribution in [0.25, 0.3) is 22.7 Å². The Hall–Kier alpha value is -15.1. The average molecular weight is 1760 g/mol. The molecule has 15 aromatic rings. The van der Waals surface area contributed by atoms with Crippen LogP contribution < -0.4 is 33.2 Å². The maximum atomic E-state index is 12.8. The molecule has 33 heteroatoms. The number of carbonyl (C=O) groups is 5. The van der Waals surface area contributed by atoms with Crippen LogP contribution in [0.3, 0.4) is 0 Å². The third-order valence-electron chi connectivity index (χ3n) is 21.3. The molecule has 6 aromatic heterocycles. The van der Waals surface area contributed by atoms with Gasteiger partial charge in [0.05, 0.1) is 53.0 Å². The molecule has 0 radical (unpaired) electrons. The Morgan fingerprint density at radius 3 is 1.12 bits per heavy atom. The Morgan fingerprint density at radius 1 is 0.411 bits per heavy atom. The van der Waals surface area contributed by atoms with Crippen molar-refractivity contribution in [1.82, 2.24) is 105 Å². The van der Waals surface area contributed by atoms with Crippen LogP contribution in [-0.2, 0) is 78.8 Å². The van der Waals surface area contributed by atoms with Crippen LogP contribution in [0.4, 0.5) is 9.59 Å². The van der Waals surface area contributed by atoms with E-state index in [1.54, 1.807) is 25.3 Å². The lowest BCUT2D eigenvalue weighted by atomic mass is 10.0. The van der Waals surface area contributed by atoms with Gasteiger partial charge in [-0.2, -0.15) is 0 Å². The largest absolute Gasteiger partial charge is 0.475 e. The standard InChI is InChI=1S/C21H19N7O.C19H18N4O2.C19H19NO2S.2C11H12N4.C10H9N3O2.C2H5NO.3CH4/c29-21(19-24-18(25-26-19)12-14-6-2-1-3-7-14)23-16-11-10-15-8-4-5-9-17(15)28-13-22-27-20(16)28;24-19(25-12-14-6-2-1-3-7-14)21-16-11-10-15-8-4-5-9-17(15)23-13-20-22-18(16)23;21-19(22-13-14-6-2-1-3-7-14)20-17-11-10-15-8-4-5-9-16(15)12-18(17)23;2*12-9-6-5-8-3-1-2-4-10(8)15-7-13-14-11(9)15;14-10(15)9-11-8(12-13-9)6-7-4-2-1-3-5-7;3-1-2-4;;;/h1-9,13,16H,10-12H2,(H,23,29)(H,24,25,26);1-9,13,16H,10-12H2,(H,21,24);1-9,17H,10-13H2,(H,20,21);2*1-4,7,9H,5-6,12H2;1-5H,6H2,(H,14,15)(H,11,12,13);2H,1,3H2;3*1H4/t16-;;17-;9-;;;;;;/m0.00....../s1. The molecule has 0 fully saturated rings. The van der Waals surface area contributed by atoms with Gasteiger partial charge in [-0.05, 0) is 144 Å². The number of nitrogens with two attached hydrogens (primary N) is 3. The van der Waals surface area contributed by atoms with Crippen LogP contribution >= 0.6 is 12.2 Å². The lowest BCUT2D eigenvalue weighted by molar-refractivity contribution is -0.106. The lowest BCUT2D eigenvalue weighted by Gasteiger charge is -2.17. The highest BCUT2D eigenvalue weighted by Gasteiger charge is 2.30. The third kappa shape index (κ3) is 25.4. The number of hydrogen-bond acceptors (Lipinski definition) is 23. The van der Waals surface area contributed by atoms with Crippen molar-refractivity contribution in [3.05, 3.63) is 370 Å². The number of benzene rings is 9. The minimum atomic E-state index is -1.12. The Morgan fingerprint density at radius 2 is 0.721 bits per heavy atom. The van der Waals surface area contributed by atoms with Gasteiger partial charge in [0, 0.05) is 30.7 Å². The Balaban J connectivity index is 0.000000150. The quantitative estimate of drug-likeness (QED) is 0.0277. The molecule has 0 bridgehead atoms. The number of aryl methyl sites for hydroxylation is 5. The predicted molar refractivity (Wildman–Crippen MR) is 493 cm³/mol. The van der Waals surface area contributed by atoms with Gasteiger partial charge in [-0.25, -0.2) is 24.4 Å². The van der Waals surface area contributed by atoms with Crippen molar-refractivity contribution >= 4 is 47.4 Å². The number of thiocarbonyl (C=S) groups is 1. The van der Waals surface area contributed by atoms with Crippen LogP contribution in [0.1, 0.15) is 190 Å². The summed E-state index contributed by atoms with van der Waals surface area (Å²) in [4.78, 5) is 65.6. The van der Waals surface area contributed by atoms with E-state index in [9.17, 15) is 19.2 Å². The van der Waals surface area contributed by atoms with E-state index in [0.29, 0.717) is 36.6 Å². The molecule has 9 aromatic carbocycles. The summed E-state index contributed by atoms with van der Waals surface area (Å²) in [6.07, 6.45) is 17.3. The summed E-state index contributed by atoms with van der Waals surface area (Å²) in [6, 6.07) is 79.4. The van der Waals surface area contributed by atoms with Gasteiger partial charge in [0.1, 0.15) is 56.5 Å². The molecular weight excluding hydrogens is 1650 g/mol. The first-order valence-electron chi connectivity index (χ1n) is 41.3. The summed E-state index contributed by atoms with van der Waals surface area (Å²) >= 11 is 5.52. The summed E-state index contributed by atoms with van der Waals surface area (Å²) in [5.41, 5.74) is 32.9. The van der Waals surface area contributed by atoms with Crippen molar-refractivity contribution in [2.75, 3.05) is 6.54 Å². The van der Waals surface area contributed by atoms with Crippen LogP contribution in [0, 0.1) is 0 Å². The number of alkyl carbamates (subject to hydrolysis) is 2. The van der Waals surface area contributed by atoms with Crippen molar-refractivity contribution in [3.8, 4) is 22.7 Å². The monoisotopic (exact) mass is 1750 g/mol. The third-order valence-corrected chi connectivity index (χ3v) is 21.7. The van der Waals surface area contributed by atoms with Crippen LogP contribution in [0.15, 0.2) is 268 Å². The summed E-state index contributed by atoms with van der Waals surface area (Å²) in [5.74, 6) is 2.85. The number of aromatic nitrogens is 18. The van der Waals surface area contributed by atoms with Gasteiger partial charge in [-0.1, -0.05) is 253 Å². The molecule has 2 unspecified atom stereocenters. The van der Waals surface area contributed by atoms with E-state index in [4.69, 9.17) is 43.1 Å². The highest BCUT2D eigenvalue weighted by Crippen LogP contribution is 2.33. The molecule has 0 saturated carbocycles. The number of carboxylic acid groups (broad SMARTS) is 1. The molecule has 1 aliphatic carbocycles. The van der Waals surface area contributed by atoms with E-state index in [1.807, 2.05) is 200 Å². The van der Waals surface area contributed by atoms with Gasteiger partial charge >= 0.3 is 18.2 Å². The van der Waals surface area contributed by atoms with Crippen molar-refractivity contribution in [2.45, 2.75) is 149 Å². The molecular formula is C96H106N24O8S. The fourth-order valence-electron chi connectivity index (χ4n) is 15.0. The lowest BCUT2D eigenvalue weighted by Crippen LogP contribution is -2.40. The normalized spacial score (nSPS) is 15.3. The van der Waals surface area contributed by atoms with Crippen LogP contribution in [0.2, 0.25) is 0 Å².